The van der Waals surface area contributed by atoms with Gasteiger partial charge in [-0.15, -0.1) is 28.3 Å². The molecule has 6 heteroatoms. The standard InChI is InChI=1S/C14H18Cl2N4/c1-11(2)14(9-15,10-16)8-13-17-18-19-20(13)12-6-4-3-5-7-12/h3-7,11H,8-10H2,1-2H3. The monoisotopic (exact) mass is 312 g/mol. The van der Waals surface area contributed by atoms with Gasteiger partial charge in [0.1, 0.15) is 0 Å². The second-order valence-corrected chi connectivity index (χ2v) is 5.84. The first-order valence-corrected chi connectivity index (χ1v) is 7.64. The van der Waals surface area contributed by atoms with Gasteiger partial charge < -0.3 is 0 Å². The third kappa shape index (κ3) is 2.96. The Morgan fingerprint density at radius 3 is 2.35 bits per heavy atom. The van der Waals surface area contributed by atoms with Crippen LogP contribution >= 0.6 is 23.2 Å². The average molecular weight is 313 g/mol. The van der Waals surface area contributed by atoms with Crippen LogP contribution in [0.5, 0.6) is 0 Å². The summed E-state index contributed by atoms with van der Waals surface area (Å²) in [6.45, 7) is 4.25. The van der Waals surface area contributed by atoms with Crippen molar-refractivity contribution in [3.8, 4) is 5.69 Å². The van der Waals surface area contributed by atoms with E-state index in [2.05, 4.69) is 29.4 Å². The molecule has 0 radical (unpaired) electrons. The fraction of sp³-hybridized carbons (Fsp3) is 0.500. The van der Waals surface area contributed by atoms with E-state index in [1.807, 2.05) is 30.3 Å². The van der Waals surface area contributed by atoms with E-state index in [4.69, 9.17) is 23.2 Å². The van der Waals surface area contributed by atoms with E-state index in [0.717, 1.165) is 11.5 Å². The summed E-state index contributed by atoms with van der Waals surface area (Å²) in [7, 11) is 0. The third-order valence-corrected chi connectivity index (χ3v) is 4.87. The topological polar surface area (TPSA) is 43.6 Å². The lowest BCUT2D eigenvalue weighted by atomic mass is 9.77. The van der Waals surface area contributed by atoms with Crippen LogP contribution in [0.25, 0.3) is 5.69 Å². The van der Waals surface area contributed by atoms with E-state index in [0.29, 0.717) is 24.1 Å². The maximum atomic E-state index is 6.17. The van der Waals surface area contributed by atoms with E-state index in [-0.39, 0.29) is 5.41 Å². The first-order chi connectivity index (χ1) is 9.63. The number of hydrogen-bond acceptors (Lipinski definition) is 3. The molecule has 0 saturated heterocycles. The lowest BCUT2D eigenvalue weighted by Crippen LogP contribution is -2.35. The largest absolute Gasteiger partial charge is 0.197 e. The summed E-state index contributed by atoms with van der Waals surface area (Å²) in [6.07, 6.45) is 0.652. The lowest BCUT2D eigenvalue weighted by Gasteiger charge is -2.33. The SMILES string of the molecule is CC(C)C(CCl)(CCl)Cc1nnnn1-c1ccccc1. The van der Waals surface area contributed by atoms with E-state index < -0.39 is 0 Å². The molecule has 0 atom stereocenters. The Kier molecular flexibility index (Phi) is 5.00. The molecule has 2 aromatic rings. The van der Waals surface area contributed by atoms with Gasteiger partial charge in [0.2, 0.25) is 0 Å². The Labute approximate surface area is 129 Å². The molecule has 0 saturated carbocycles. The Morgan fingerprint density at radius 1 is 1.15 bits per heavy atom. The number of halogens is 2. The Hall–Kier alpha value is -1.13. The first kappa shape index (κ1) is 15.3. The number of hydrogen-bond donors (Lipinski definition) is 0. The number of para-hydroxylation sites is 1. The molecule has 4 nitrogen and oxygen atoms in total. The molecule has 0 aliphatic rings. The van der Waals surface area contributed by atoms with Crippen molar-refractivity contribution < 1.29 is 0 Å². The molecular weight excluding hydrogens is 295 g/mol. The van der Waals surface area contributed by atoms with Gasteiger partial charge in [-0.3, -0.25) is 0 Å². The predicted molar refractivity (Wildman–Crippen MR) is 81.6 cm³/mol. The smallest absolute Gasteiger partial charge is 0.157 e. The van der Waals surface area contributed by atoms with Crippen LogP contribution in [0, 0.1) is 11.3 Å². The van der Waals surface area contributed by atoms with Crippen LogP contribution in [0.4, 0.5) is 0 Å². The maximum absolute atomic E-state index is 6.17. The third-order valence-electron chi connectivity index (χ3n) is 3.80. The molecule has 0 amide bonds. The Morgan fingerprint density at radius 2 is 1.80 bits per heavy atom. The molecule has 0 unspecified atom stereocenters. The summed E-state index contributed by atoms with van der Waals surface area (Å²) in [5, 5.41) is 12.0. The van der Waals surface area contributed by atoms with Crippen LogP contribution in [0.3, 0.4) is 0 Å². The predicted octanol–water partition coefficient (Wildman–Crippen LogP) is 3.32. The fourth-order valence-electron chi connectivity index (χ4n) is 2.04. The number of tetrazole rings is 1. The number of alkyl halides is 2. The van der Waals surface area contributed by atoms with Crippen molar-refractivity contribution in [2.45, 2.75) is 20.3 Å². The first-order valence-electron chi connectivity index (χ1n) is 6.57. The molecule has 0 aliphatic carbocycles. The zero-order valence-corrected chi connectivity index (χ0v) is 13.1. The minimum absolute atomic E-state index is 0.204. The van der Waals surface area contributed by atoms with Crippen molar-refractivity contribution in [1.29, 1.82) is 0 Å². The van der Waals surface area contributed by atoms with Gasteiger partial charge in [0.25, 0.3) is 0 Å². The van der Waals surface area contributed by atoms with Gasteiger partial charge in [-0.25, -0.2) is 0 Å². The fourth-order valence-corrected chi connectivity index (χ4v) is 3.14. The summed E-state index contributed by atoms with van der Waals surface area (Å²) >= 11 is 12.3. The van der Waals surface area contributed by atoms with Gasteiger partial charge in [-0.05, 0) is 28.5 Å². The van der Waals surface area contributed by atoms with Crippen molar-refractivity contribution >= 4 is 23.2 Å². The van der Waals surface area contributed by atoms with E-state index in [1.54, 1.807) is 4.68 Å². The zero-order chi connectivity index (χ0) is 14.6. The summed E-state index contributed by atoms with van der Waals surface area (Å²) in [4.78, 5) is 0. The molecule has 1 aromatic carbocycles. The molecule has 108 valence electrons. The second kappa shape index (κ2) is 6.55. The summed E-state index contributed by atoms with van der Waals surface area (Å²) < 4.78 is 1.75. The second-order valence-electron chi connectivity index (χ2n) is 5.30. The van der Waals surface area contributed by atoms with Gasteiger partial charge in [0.05, 0.1) is 5.69 Å². The van der Waals surface area contributed by atoms with E-state index in [1.165, 1.54) is 0 Å². The molecule has 0 bridgehead atoms. The Balaban J connectivity index is 2.33. The summed E-state index contributed by atoms with van der Waals surface area (Å²) in [5.41, 5.74) is 0.735. The van der Waals surface area contributed by atoms with Crippen LogP contribution in [0.15, 0.2) is 30.3 Å². The van der Waals surface area contributed by atoms with Crippen LogP contribution in [0.2, 0.25) is 0 Å². The van der Waals surface area contributed by atoms with Gasteiger partial charge >= 0.3 is 0 Å². The number of rotatable bonds is 6. The van der Waals surface area contributed by atoms with Gasteiger partial charge in [-0.2, -0.15) is 4.68 Å². The van der Waals surface area contributed by atoms with Crippen molar-refractivity contribution in [2.75, 3.05) is 11.8 Å². The molecule has 0 aliphatic heterocycles. The normalized spacial score (nSPS) is 12.1. The maximum Gasteiger partial charge on any atom is 0.157 e. The molecule has 0 spiro atoms. The minimum atomic E-state index is -0.204. The zero-order valence-electron chi connectivity index (χ0n) is 11.6. The van der Waals surface area contributed by atoms with Gasteiger partial charge in [-0.1, -0.05) is 32.0 Å². The van der Waals surface area contributed by atoms with Crippen molar-refractivity contribution in [2.24, 2.45) is 11.3 Å². The van der Waals surface area contributed by atoms with Crippen LogP contribution < -0.4 is 0 Å². The van der Waals surface area contributed by atoms with Crippen molar-refractivity contribution in [3.05, 3.63) is 36.2 Å². The minimum Gasteiger partial charge on any atom is -0.197 e. The molecular formula is C14H18Cl2N4. The highest BCUT2D eigenvalue weighted by Crippen LogP contribution is 2.34. The molecule has 1 heterocycles. The van der Waals surface area contributed by atoms with Crippen LogP contribution in [0.1, 0.15) is 19.7 Å². The highest BCUT2D eigenvalue weighted by Gasteiger charge is 2.34. The quantitative estimate of drug-likeness (QED) is 0.768. The molecule has 1 aromatic heterocycles. The number of aromatic nitrogens is 4. The molecule has 0 N–H and O–H groups in total. The van der Waals surface area contributed by atoms with Crippen LogP contribution in [-0.4, -0.2) is 32.0 Å². The highest BCUT2D eigenvalue weighted by atomic mass is 35.5. The molecule has 2 rings (SSSR count). The Bertz CT molecular complexity index is 535. The van der Waals surface area contributed by atoms with Gasteiger partial charge in [0, 0.05) is 23.6 Å². The number of benzene rings is 1. The summed E-state index contributed by atoms with van der Waals surface area (Å²) in [5.74, 6) is 2.09. The lowest BCUT2D eigenvalue weighted by molar-refractivity contribution is 0.252. The molecule has 0 fully saturated rings. The number of nitrogens with zero attached hydrogens (tertiary/aromatic N) is 4. The molecule has 20 heavy (non-hydrogen) atoms. The summed E-state index contributed by atoms with van der Waals surface area (Å²) in [6, 6.07) is 9.82. The van der Waals surface area contributed by atoms with Crippen molar-refractivity contribution in [1.82, 2.24) is 20.2 Å². The van der Waals surface area contributed by atoms with Crippen LogP contribution in [-0.2, 0) is 6.42 Å². The van der Waals surface area contributed by atoms with Gasteiger partial charge in [0.15, 0.2) is 5.82 Å². The van der Waals surface area contributed by atoms with E-state index in [9.17, 15) is 0 Å². The van der Waals surface area contributed by atoms with E-state index >= 15 is 0 Å². The van der Waals surface area contributed by atoms with Crippen molar-refractivity contribution in [3.63, 3.8) is 0 Å². The highest BCUT2D eigenvalue weighted by molar-refractivity contribution is 6.21. The average Bonchev–Trinajstić information content (AvgIpc) is 2.93.